The van der Waals surface area contributed by atoms with Crippen LogP contribution in [0.2, 0.25) is 10.0 Å². The molecule has 1 aromatic rings. The predicted octanol–water partition coefficient (Wildman–Crippen LogP) is 4.18. The highest BCUT2D eigenvalue weighted by Gasteiger charge is 2.13. The van der Waals surface area contributed by atoms with Gasteiger partial charge in [-0.25, -0.2) is 0 Å². The summed E-state index contributed by atoms with van der Waals surface area (Å²) >= 11 is 20.1. The Hall–Kier alpha value is 0.240. The molecule has 0 N–H and O–H groups in total. The van der Waals surface area contributed by atoms with Crippen LogP contribution in [0, 0.1) is 0 Å². The number of Topliss-reactive ketones (excluding diaryl/α,β-unsaturated/α-hetero) is 1. The van der Waals surface area contributed by atoms with Gasteiger partial charge in [0.1, 0.15) is 0 Å². The van der Waals surface area contributed by atoms with Crippen LogP contribution in [0.5, 0.6) is 0 Å². The molecule has 0 aliphatic carbocycles. The molecule has 1 aromatic carbocycles. The number of hydrogen-bond acceptors (Lipinski definition) is 1. The zero-order chi connectivity index (χ0) is 10.0. The number of halogens is 4. The molecule has 0 fully saturated rings. The van der Waals surface area contributed by atoms with Crippen molar-refractivity contribution in [1.82, 2.24) is 0 Å². The Morgan fingerprint density at radius 1 is 1.38 bits per heavy atom. The average molecular weight is 302 g/mol. The van der Waals surface area contributed by atoms with Crippen molar-refractivity contribution in [3.05, 3.63) is 32.2 Å². The third kappa shape index (κ3) is 2.38. The van der Waals surface area contributed by atoms with E-state index in [1.807, 2.05) is 0 Å². The molecule has 5 heteroatoms. The minimum absolute atomic E-state index is 0.0729. The van der Waals surface area contributed by atoms with Crippen LogP contribution in [0.4, 0.5) is 0 Å². The quantitative estimate of drug-likeness (QED) is 0.455. The fraction of sp³-hybridized carbons (Fsp3) is 0.125. The highest BCUT2D eigenvalue weighted by Crippen LogP contribution is 2.33. The molecule has 0 aliphatic rings. The Kier molecular flexibility index (Phi) is 4.05. The molecule has 0 radical (unpaired) electrons. The van der Waals surface area contributed by atoms with E-state index in [1.54, 1.807) is 12.1 Å². The van der Waals surface area contributed by atoms with Crippen molar-refractivity contribution in [2.24, 2.45) is 0 Å². The highest BCUT2D eigenvalue weighted by molar-refractivity contribution is 9.10. The fourth-order valence-electron chi connectivity index (χ4n) is 0.813. The van der Waals surface area contributed by atoms with Crippen LogP contribution in [0.25, 0.3) is 0 Å². The maximum atomic E-state index is 11.2. The van der Waals surface area contributed by atoms with Crippen LogP contribution in [-0.4, -0.2) is 11.7 Å². The first-order valence-corrected chi connectivity index (χ1v) is 5.39. The number of ketones is 1. The minimum atomic E-state index is -0.188. The molecule has 1 nitrogen and oxygen atoms in total. The van der Waals surface area contributed by atoms with Gasteiger partial charge in [-0.1, -0.05) is 23.2 Å². The van der Waals surface area contributed by atoms with E-state index in [0.29, 0.717) is 20.1 Å². The summed E-state index contributed by atoms with van der Waals surface area (Å²) in [7, 11) is 0. The molecule has 0 spiro atoms. The number of carbonyl (C=O) groups excluding carboxylic acids is 1. The van der Waals surface area contributed by atoms with Gasteiger partial charge in [0.25, 0.3) is 0 Å². The van der Waals surface area contributed by atoms with E-state index in [2.05, 4.69) is 15.9 Å². The van der Waals surface area contributed by atoms with Gasteiger partial charge in [0.05, 0.1) is 15.9 Å². The Morgan fingerprint density at radius 3 is 2.54 bits per heavy atom. The Bertz CT molecular complexity index is 351. The summed E-state index contributed by atoms with van der Waals surface area (Å²) in [5.74, 6) is -0.261. The lowest BCUT2D eigenvalue weighted by Crippen LogP contribution is -2.01. The lowest BCUT2D eigenvalue weighted by atomic mass is 10.1. The standard InChI is InChI=1S/C8H4BrCl3O/c9-7-4(6(13)3-10)1-2-5(11)8(7)12/h1-2H,3H2. The topological polar surface area (TPSA) is 17.1 Å². The van der Waals surface area contributed by atoms with Crippen molar-refractivity contribution in [2.75, 3.05) is 5.88 Å². The zero-order valence-corrected chi connectivity index (χ0v) is 10.1. The zero-order valence-electron chi connectivity index (χ0n) is 6.28. The Labute approximate surface area is 99.1 Å². The van der Waals surface area contributed by atoms with Crippen molar-refractivity contribution in [1.29, 1.82) is 0 Å². The van der Waals surface area contributed by atoms with Crippen LogP contribution in [0.1, 0.15) is 10.4 Å². The van der Waals surface area contributed by atoms with E-state index >= 15 is 0 Å². The maximum absolute atomic E-state index is 11.2. The maximum Gasteiger partial charge on any atom is 0.178 e. The number of benzene rings is 1. The van der Waals surface area contributed by atoms with Crippen LogP contribution in [-0.2, 0) is 0 Å². The van der Waals surface area contributed by atoms with E-state index < -0.39 is 0 Å². The average Bonchev–Trinajstić information content (AvgIpc) is 2.13. The lowest BCUT2D eigenvalue weighted by Gasteiger charge is -2.04. The second-order valence-electron chi connectivity index (χ2n) is 2.28. The number of hydrogen-bond donors (Lipinski definition) is 0. The van der Waals surface area contributed by atoms with E-state index in [9.17, 15) is 4.79 Å². The third-order valence-corrected chi connectivity index (χ3v) is 3.56. The van der Waals surface area contributed by atoms with Crippen LogP contribution in [0.3, 0.4) is 0 Å². The second-order valence-corrected chi connectivity index (χ2v) is 4.13. The molecule has 0 aliphatic heterocycles. The van der Waals surface area contributed by atoms with Gasteiger partial charge in [-0.15, -0.1) is 11.6 Å². The smallest absolute Gasteiger partial charge is 0.178 e. The first kappa shape index (κ1) is 11.3. The SMILES string of the molecule is O=C(CCl)c1ccc(Cl)c(Cl)c1Br. The third-order valence-electron chi connectivity index (χ3n) is 1.46. The first-order chi connectivity index (χ1) is 6.07. The van der Waals surface area contributed by atoms with Gasteiger partial charge < -0.3 is 0 Å². The molecule has 0 atom stereocenters. The van der Waals surface area contributed by atoms with Crippen molar-refractivity contribution < 1.29 is 4.79 Å². The van der Waals surface area contributed by atoms with Gasteiger partial charge in [0.15, 0.2) is 5.78 Å². The van der Waals surface area contributed by atoms with Gasteiger partial charge in [-0.3, -0.25) is 4.79 Å². The predicted molar refractivity (Wildman–Crippen MR) is 59.2 cm³/mol. The monoisotopic (exact) mass is 300 g/mol. The summed E-state index contributed by atoms with van der Waals surface area (Å²) in [4.78, 5) is 11.2. The fourth-order valence-corrected chi connectivity index (χ4v) is 1.96. The molecule has 0 saturated carbocycles. The van der Waals surface area contributed by atoms with Gasteiger partial charge in [0, 0.05) is 10.0 Å². The molecule has 0 amide bonds. The van der Waals surface area contributed by atoms with E-state index in [4.69, 9.17) is 34.8 Å². The largest absolute Gasteiger partial charge is 0.293 e. The Morgan fingerprint density at radius 2 is 2.00 bits per heavy atom. The van der Waals surface area contributed by atoms with Crippen LogP contribution >= 0.6 is 50.7 Å². The summed E-state index contributed by atoms with van der Waals surface area (Å²) < 4.78 is 0.493. The molecule has 70 valence electrons. The molecule has 0 saturated heterocycles. The molecular formula is C8H4BrCl3O. The van der Waals surface area contributed by atoms with Crippen molar-refractivity contribution in [2.45, 2.75) is 0 Å². The van der Waals surface area contributed by atoms with Crippen LogP contribution < -0.4 is 0 Å². The van der Waals surface area contributed by atoms with Gasteiger partial charge in [0.2, 0.25) is 0 Å². The van der Waals surface area contributed by atoms with Crippen LogP contribution in [0.15, 0.2) is 16.6 Å². The van der Waals surface area contributed by atoms with Gasteiger partial charge in [-0.2, -0.15) is 0 Å². The van der Waals surface area contributed by atoms with E-state index in [1.165, 1.54) is 0 Å². The van der Waals surface area contributed by atoms with Crippen molar-refractivity contribution in [3.63, 3.8) is 0 Å². The lowest BCUT2D eigenvalue weighted by molar-refractivity contribution is 0.102. The van der Waals surface area contributed by atoms with Crippen molar-refractivity contribution in [3.8, 4) is 0 Å². The summed E-state index contributed by atoms with van der Waals surface area (Å²) in [6.07, 6.45) is 0. The number of alkyl halides is 1. The molecule has 0 aromatic heterocycles. The summed E-state index contributed by atoms with van der Waals surface area (Å²) in [5.41, 5.74) is 0.449. The van der Waals surface area contributed by atoms with Crippen molar-refractivity contribution >= 4 is 56.5 Å². The minimum Gasteiger partial charge on any atom is -0.293 e. The number of carbonyl (C=O) groups is 1. The first-order valence-electron chi connectivity index (χ1n) is 3.30. The van der Waals surface area contributed by atoms with Gasteiger partial charge >= 0.3 is 0 Å². The molecule has 1 rings (SSSR count). The molecule has 0 unspecified atom stereocenters. The summed E-state index contributed by atoms with van der Waals surface area (Å²) in [6.45, 7) is 0. The normalized spacial score (nSPS) is 10.2. The molecule has 13 heavy (non-hydrogen) atoms. The molecular weight excluding hydrogens is 298 g/mol. The summed E-state index contributed by atoms with van der Waals surface area (Å²) in [6, 6.07) is 3.15. The summed E-state index contributed by atoms with van der Waals surface area (Å²) in [5, 5.41) is 0.734. The number of rotatable bonds is 2. The van der Waals surface area contributed by atoms with Gasteiger partial charge in [-0.05, 0) is 28.1 Å². The van der Waals surface area contributed by atoms with E-state index in [0.717, 1.165) is 0 Å². The second kappa shape index (κ2) is 4.65. The molecule has 0 bridgehead atoms. The van der Waals surface area contributed by atoms with E-state index in [-0.39, 0.29) is 11.7 Å². The molecule has 0 heterocycles. The Balaban J connectivity index is 3.26. The highest BCUT2D eigenvalue weighted by atomic mass is 79.9.